The highest BCUT2D eigenvalue weighted by atomic mass is 16.4. The number of carbonyl (C=O) groups is 6. The molecule has 16 nitrogen and oxygen atoms in total. The van der Waals surface area contributed by atoms with Crippen molar-refractivity contribution in [1.29, 1.82) is 0 Å². The predicted octanol–water partition coefficient (Wildman–Crippen LogP) is -2.49. The molecule has 0 bridgehead atoms. The Bertz CT molecular complexity index is 1200. The summed E-state index contributed by atoms with van der Waals surface area (Å²) in [5.41, 5.74) is 11.7. The topological polar surface area (TPSA) is 280 Å². The van der Waals surface area contributed by atoms with Gasteiger partial charge in [-0.3, -0.25) is 24.0 Å². The van der Waals surface area contributed by atoms with E-state index in [0.29, 0.717) is 11.3 Å². The molecule has 0 saturated heterocycles. The third-order valence-electron chi connectivity index (χ3n) is 5.65. The van der Waals surface area contributed by atoms with Crippen LogP contribution < -0.4 is 27.4 Å². The second kappa shape index (κ2) is 14.8. The molecular formula is C24H31N7O9. The number of amides is 4. The van der Waals surface area contributed by atoms with Crippen LogP contribution in [-0.4, -0.2) is 85.0 Å². The highest BCUT2D eigenvalue weighted by Crippen LogP contribution is 2.12. The molecule has 1 aromatic carbocycles. The molecule has 0 spiro atoms. The van der Waals surface area contributed by atoms with Gasteiger partial charge in [-0.1, -0.05) is 12.1 Å². The maximum Gasteiger partial charge on any atom is 0.326 e. The van der Waals surface area contributed by atoms with Crippen molar-refractivity contribution in [2.45, 2.75) is 56.3 Å². The van der Waals surface area contributed by atoms with Gasteiger partial charge in [0.1, 0.15) is 23.9 Å². The molecule has 0 saturated carbocycles. The maximum atomic E-state index is 13.3. The number of primary amides is 1. The molecular weight excluding hydrogens is 530 g/mol. The molecule has 4 atom stereocenters. The van der Waals surface area contributed by atoms with E-state index in [9.17, 15) is 39.0 Å². The molecule has 1 aromatic heterocycles. The Kier molecular flexibility index (Phi) is 11.6. The summed E-state index contributed by atoms with van der Waals surface area (Å²) in [4.78, 5) is 79.4. The van der Waals surface area contributed by atoms with Gasteiger partial charge < -0.3 is 47.7 Å². The Hall–Kier alpha value is -4.99. The molecule has 11 N–H and O–H groups in total. The van der Waals surface area contributed by atoms with Gasteiger partial charge in [-0.05, 0) is 24.1 Å². The molecule has 40 heavy (non-hydrogen) atoms. The standard InChI is InChI=1S/C24H31N7O9/c25-15(9-20(34)35)21(36)30-17(7-12-1-3-14(32)4-2-12)23(38)29-16(5-6-19(26)33)22(37)31-18(24(39)40)8-13-10-27-11-28-13/h1-4,10-11,15-18,32H,5-9,25H2,(H2,26,33)(H,27,28)(H,29,38)(H,30,36)(H,31,37)(H,34,35)(H,39,40). The van der Waals surface area contributed by atoms with Gasteiger partial charge in [-0.15, -0.1) is 0 Å². The fourth-order valence-electron chi connectivity index (χ4n) is 3.55. The number of carboxylic acids is 2. The van der Waals surface area contributed by atoms with Gasteiger partial charge in [-0.25, -0.2) is 9.78 Å². The molecule has 16 heteroatoms. The van der Waals surface area contributed by atoms with Crippen LogP contribution in [0, 0.1) is 0 Å². The summed E-state index contributed by atoms with van der Waals surface area (Å²) in [6.45, 7) is 0. The van der Waals surface area contributed by atoms with Crippen LogP contribution in [0.15, 0.2) is 36.8 Å². The maximum absolute atomic E-state index is 13.3. The number of phenols is 1. The van der Waals surface area contributed by atoms with E-state index < -0.39 is 66.2 Å². The number of nitrogens with two attached hydrogens (primary N) is 2. The van der Waals surface area contributed by atoms with Crippen LogP contribution >= 0.6 is 0 Å². The number of carboxylic acid groups (broad SMARTS) is 2. The number of hydrogen-bond donors (Lipinski definition) is 9. The summed E-state index contributed by atoms with van der Waals surface area (Å²) in [6, 6.07) is -0.0695. The van der Waals surface area contributed by atoms with E-state index in [1.165, 1.54) is 36.8 Å². The smallest absolute Gasteiger partial charge is 0.326 e. The van der Waals surface area contributed by atoms with Gasteiger partial charge >= 0.3 is 11.9 Å². The third kappa shape index (κ3) is 10.4. The number of rotatable bonds is 16. The molecule has 2 rings (SSSR count). The van der Waals surface area contributed by atoms with Crippen LogP contribution in [-0.2, 0) is 41.6 Å². The first-order chi connectivity index (χ1) is 18.8. The molecule has 0 aliphatic heterocycles. The number of hydrogen-bond acceptors (Lipinski definition) is 9. The van der Waals surface area contributed by atoms with Crippen LogP contribution in [0.5, 0.6) is 5.75 Å². The van der Waals surface area contributed by atoms with E-state index in [1.54, 1.807) is 0 Å². The summed E-state index contributed by atoms with van der Waals surface area (Å²) in [7, 11) is 0. The van der Waals surface area contributed by atoms with Gasteiger partial charge in [0.25, 0.3) is 0 Å². The van der Waals surface area contributed by atoms with Crippen molar-refractivity contribution in [1.82, 2.24) is 25.9 Å². The lowest BCUT2D eigenvalue weighted by Crippen LogP contribution is -2.58. The number of aliphatic carboxylic acids is 2. The van der Waals surface area contributed by atoms with E-state index in [4.69, 9.17) is 16.6 Å². The van der Waals surface area contributed by atoms with E-state index in [1.807, 2.05) is 0 Å². The monoisotopic (exact) mass is 561 g/mol. The Morgan fingerprint density at radius 2 is 1.48 bits per heavy atom. The van der Waals surface area contributed by atoms with Crippen LogP contribution in [0.4, 0.5) is 0 Å². The number of carbonyl (C=O) groups excluding carboxylic acids is 4. The lowest BCUT2D eigenvalue weighted by molar-refractivity contribution is -0.142. The van der Waals surface area contributed by atoms with Crippen LogP contribution in [0.1, 0.15) is 30.5 Å². The second-order valence-electron chi connectivity index (χ2n) is 8.88. The average molecular weight is 562 g/mol. The fourth-order valence-corrected chi connectivity index (χ4v) is 3.55. The lowest BCUT2D eigenvalue weighted by Gasteiger charge is -2.25. The Morgan fingerprint density at radius 1 is 0.875 bits per heavy atom. The SMILES string of the molecule is NC(=O)CCC(NC(=O)C(Cc1ccc(O)cc1)NC(=O)C(N)CC(=O)O)C(=O)NC(Cc1cnc[nH]1)C(=O)O. The summed E-state index contributed by atoms with van der Waals surface area (Å²) in [6.07, 6.45) is 1.06. The molecule has 216 valence electrons. The van der Waals surface area contributed by atoms with Gasteiger partial charge in [0, 0.05) is 31.2 Å². The van der Waals surface area contributed by atoms with E-state index in [0.717, 1.165) is 0 Å². The third-order valence-corrected chi connectivity index (χ3v) is 5.65. The average Bonchev–Trinajstić information content (AvgIpc) is 3.39. The van der Waals surface area contributed by atoms with Crippen molar-refractivity contribution < 1.29 is 44.1 Å². The largest absolute Gasteiger partial charge is 0.508 e. The van der Waals surface area contributed by atoms with Crippen LogP contribution in [0.25, 0.3) is 0 Å². The molecule has 4 unspecified atom stereocenters. The first kappa shape index (κ1) is 31.2. The Labute approximate surface area is 227 Å². The zero-order valence-corrected chi connectivity index (χ0v) is 21.2. The zero-order chi connectivity index (χ0) is 29.8. The number of H-pyrrole nitrogens is 1. The fraction of sp³-hybridized carbons (Fsp3) is 0.375. The van der Waals surface area contributed by atoms with Gasteiger partial charge in [0.2, 0.25) is 23.6 Å². The van der Waals surface area contributed by atoms with Crippen molar-refractivity contribution in [2.75, 3.05) is 0 Å². The van der Waals surface area contributed by atoms with Gasteiger partial charge in [0.05, 0.1) is 18.8 Å². The number of aromatic hydroxyl groups is 1. The minimum Gasteiger partial charge on any atom is -0.508 e. The number of benzene rings is 1. The summed E-state index contributed by atoms with van der Waals surface area (Å²) in [5.74, 6) is -6.34. The number of nitrogens with one attached hydrogen (secondary N) is 4. The normalized spacial score (nSPS) is 13.7. The van der Waals surface area contributed by atoms with Crippen molar-refractivity contribution in [3.63, 3.8) is 0 Å². The summed E-state index contributed by atoms with van der Waals surface area (Å²) >= 11 is 0. The zero-order valence-electron chi connectivity index (χ0n) is 21.2. The summed E-state index contributed by atoms with van der Waals surface area (Å²) in [5, 5.41) is 35.1. The van der Waals surface area contributed by atoms with E-state index in [2.05, 4.69) is 25.9 Å². The van der Waals surface area contributed by atoms with Gasteiger partial charge in [-0.2, -0.15) is 0 Å². The van der Waals surface area contributed by atoms with E-state index >= 15 is 0 Å². The molecule has 1 heterocycles. The van der Waals surface area contributed by atoms with Crippen molar-refractivity contribution in [3.8, 4) is 5.75 Å². The quantitative estimate of drug-likeness (QED) is 0.103. The molecule has 0 aliphatic rings. The van der Waals surface area contributed by atoms with Gasteiger partial charge in [0.15, 0.2) is 0 Å². The molecule has 0 aliphatic carbocycles. The number of nitrogens with zero attached hydrogens (tertiary/aromatic N) is 1. The minimum atomic E-state index is -1.49. The van der Waals surface area contributed by atoms with E-state index in [-0.39, 0.29) is 31.4 Å². The first-order valence-corrected chi connectivity index (χ1v) is 12.0. The highest BCUT2D eigenvalue weighted by molar-refractivity contribution is 5.95. The minimum absolute atomic E-state index is 0.0523. The lowest BCUT2D eigenvalue weighted by atomic mass is 10.0. The van der Waals surface area contributed by atoms with Crippen LogP contribution in [0.2, 0.25) is 0 Å². The Morgan fingerprint density at radius 3 is 2.02 bits per heavy atom. The van der Waals surface area contributed by atoms with Crippen molar-refractivity contribution in [3.05, 3.63) is 48.0 Å². The summed E-state index contributed by atoms with van der Waals surface area (Å²) < 4.78 is 0. The molecule has 0 fully saturated rings. The van der Waals surface area contributed by atoms with Crippen molar-refractivity contribution >= 4 is 35.6 Å². The first-order valence-electron chi connectivity index (χ1n) is 12.0. The number of aromatic nitrogens is 2. The number of aromatic amines is 1. The molecule has 0 radical (unpaired) electrons. The number of imidazole rings is 1. The highest BCUT2D eigenvalue weighted by Gasteiger charge is 2.31. The number of phenolic OH excluding ortho intramolecular Hbond substituents is 1. The molecule has 4 amide bonds. The van der Waals surface area contributed by atoms with Crippen LogP contribution in [0.3, 0.4) is 0 Å². The second-order valence-corrected chi connectivity index (χ2v) is 8.88. The molecule has 2 aromatic rings. The predicted molar refractivity (Wildman–Crippen MR) is 136 cm³/mol. The van der Waals surface area contributed by atoms with Crippen molar-refractivity contribution in [2.24, 2.45) is 11.5 Å². The Balaban J connectivity index is 2.25.